The molecule has 2 aromatic carbocycles. The minimum atomic E-state index is -0.227. The van der Waals surface area contributed by atoms with Gasteiger partial charge in [-0.2, -0.15) is 0 Å². The van der Waals surface area contributed by atoms with Gasteiger partial charge in [-0.3, -0.25) is 9.59 Å². The highest BCUT2D eigenvalue weighted by Gasteiger charge is 2.20. The van der Waals surface area contributed by atoms with Crippen LogP contribution >= 0.6 is 0 Å². The van der Waals surface area contributed by atoms with Gasteiger partial charge in [-0.05, 0) is 49.9 Å². The number of benzene rings is 2. The third-order valence-electron chi connectivity index (χ3n) is 5.02. The van der Waals surface area contributed by atoms with Gasteiger partial charge in [-0.1, -0.05) is 25.5 Å². The molecule has 1 aliphatic heterocycles. The molecule has 0 atom stereocenters. The fraction of sp³-hybridized carbons (Fsp3) is 0.391. The Morgan fingerprint density at radius 3 is 2.48 bits per heavy atom. The van der Waals surface area contributed by atoms with E-state index in [0.29, 0.717) is 29.2 Å². The van der Waals surface area contributed by atoms with Gasteiger partial charge in [0.1, 0.15) is 5.75 Å². The van der Waals surface area contributed by atoms with Crippen LogP contribution in [0.15, 0.2) is 48.5 Å². The predicted octanol–water partition coefficient (Wildman–Crippen LogP) is 3.51. The first-order valence-electron chi connectivity index (χ1n) is 10.2. The van der Waals surface area contributed by atoms with Gasteiger partial charge in [0.2, 0.25) is 0 Å². The normalized spacial score (nSPS) is 14.5. The number of nitrogens with one attached hydrogen (secondary N) is 1. The molecule has 29 heavy (non-hydrogen) atoms. The lowest BCUT2D eigenvalue weighted by atomic mass is 10.1. The molecular formula is C23H29N3O3. The van der Waals surface area contributed by atoms with E-state index in [4.69, 9.17) is 4.74 Å². The Bertz CT molecular complexity index is 845. The van der Waals surface area contributed by atoms with Crippen LogP contribution in [0, 0.1) is 0 Å². The molecule has 1 aliphatic rings. The van der Waals surface area contributed by atoms with E-state index in [-0.39, 0.29) is 11.8 Å². The first-order valence-corrected chi connectivity index (χ1v) is 10.2. The van der Waals surface area contributed by atoms with Crippen molar-refractivity contribution in [1.82, 2.24) is 9.80 Å². The zero-order chi connectivity index (χ0) is 20.6. The first-order chi connectivity index (χ1) is 14.1. The molecule has 0 aliphatic carbocycles. The van der Waals surface area contributed by atoms with Gasteiger partial charge in [-0.15, -0.1) is 0 Å². The van der Waals surface area contributed by atoms with Crippen molar-refractivity contribution in [1.29, 1.82) is 0 Å². The molecule has 0 bridgehead atoms. The molecule has 0 radical (unpaired) electrons. The number of ether oxygens (including phenoxy) is 1. The maximum atomic E-state index is 12.8. The monoisotopic (exact) mass is 395 g/mol. The minimum absolute atomic E-state index is 0.000482. The summed E-state index contributed by atoms with van der Waals surface area (Å²) in [5.41, 5.74) is 1.71. The van der Waals surface area contributed by atoms with Crippen LogP contribution < -0.4 is 10.1 Å². The smallest absolute Gasteiger partial charge is 0.255 e. The van der Waals surface area contributed by atoms with Crippen molar-refractivity contribution in [2.75, 3.05) is 45.2 Å². The topological polar surface area (TPSA) is 61.9 Å². The summed E-state index contributed by atoms with van der Waals surface area (Å²) in [6.45, 7) is 5.93. The van der Waals surface area contributed by atoms with E-state index < -0.39 is 0 Å². The predicted molar refractivity (Wildman–Crippen MR) is 115 cm³/mol. The molecule has 0 unspecified atom stereocenters. The first kappa shape index (κ1) is 20.9. The van der Waals surface area contributed by atoms with Crippen LogP contribution in [-0.2, 0) is 0 Å². The average Bonchev–Trinajstić information content (AvgIpc) is 2.74. The number of likely N-dealkylation sites (N-methyl/N-ethyl adjacent to an activating group) is 1. The largest absolute Gasteiger partial charge is 0.494 e. The number of carbonyl (C=O) groups excluding carboxylic acids is 2. The Morgan fingerprint density at radius 2 is 1.72 bits per heavy atom. The second-order valence-corrected chi connectivity index (χ2v) is 7.36. The molecule has 1 N–H and O–H groups in total. The highest BCUT2D eigenvalue weighted by molar-refractivity contribution is 6.05. The van der Waals surface area contributed by atoms with Crippen molar-refractivity contribution in [2.45, 2.75) is 19.8 Å². The van der Waals surface area contributed by atoms with Crippen molar-refractivity contribution >= 4 is 17.5 Å². The molecule has 3 rings (SSSR count). The molecule has 0 spiro atoms. The number of piperazine rings is 1. The van der Waals surface area contributed by atoms with Crippen LogP contribution in [0.25, 0.3) is 0 Å². The van der Waals surface area contributed by atoms with E-state index in [1.54, 1.807) is 36.4 Å². The van der Waals surface area contributed by atoms with E-state index in [2.05, 4.69) is 24.2 Å². The lowest BCUT2D eigenvalue weighted by Gasteiger charge is -2.32. The molecular weight excluding hydrogens is 366 g/mol. The van der Waals surface area contributed by atoms with Gasteiger partial charge >= 0.3 is 0 Å². The summed E-state index contributed by atoms with van der Waals surface area (Å²) in [5.74, 6) is 0.459. The van der Waals surface area contributed by atoms with E-state index in [9.17, 15) is 9.59 Å². The summed E-state index contributed by atoms with van der Waals surface area (Å²) < 4.78 is 5.68. The Kier molecular flexibility index (Phi) is 7.25. The number of amides is 2. The highest BCUT2D eigenvalue weighted by Crippen LogP contribution is 2.18. The van der Waals surface area contributed by atoms with E-state index in [0.717, 1.165) is 39.0 Å². The summed E-state index contributed by atoms with van der Waals surface area (Å²) in [4.78, 5) is 29.5. The Hall–Kier alpha value is -2.86. The number of hydrogen-bond donors (Lipinski definition) is 1. The molecule has 1 heterocycles. The molecule has 6 heteroatoms. The molecule has 2 amide bonds. The maximum Gasteiger partial charge on any atom is 0.255 e. The summed E-state index contributed by atoms with van der Waals surface area (Å²) in [5, 5.41) is 2.88. The second-order valence-electron chi connectivity index (χ2n) is 7.36. The van der Waals surface area contributed by atoms with Crippen molar-refractivity contribution in [3.63, 3.8) is 0 Å². The lowest BCUT2D eigenvalue weighted by Crippen LogP contribution is -2.47. The van der Waals surface area contributed by atoms with Crippen LogP contribution in [0.5, 0.6) is 5.75 Å². The van der Waals surface area contributed by atoms with E-state index in [1.165, 1.54) is 0 Å². The standard InChI is InChI=1S/C23H29N3O3/c1-3-4-15-29-21-10-6-7-18(17-21)22(27)24-20-9-5-8-19(16-20)23(28)26-13-11-25(2)12-14-26/h5-10,16-17H,3-4,11-15H2,1-2H3,(H,24,27). The Morgan fingerprint density at radius 1 is 1.00 bits per heavy atom. The van der Waals surface area contributed by atoms with Crippen LogP contribution in [0.4, 0.5) is 5.69 Å². The number of carbonyl (C=O) groups is 2. The summed E-state index contributed by atoms with van der Waals surface area (Å²) in [6.07, 6.45) is 2.04. The summed E-state index contributed by atoms with van der Waals surface area (Å²) in [7, 11) is 2.06. The van der Waals surface area contributed by atoms with Gasteiger partial charge in [0.25, 0.3) is 11.8 Å². The summed E-state index contributed by atoms with van der Waals surface area (Å²) >= 11 is 0. The zero-order valence-corrected chi connectivity index (χ0v) is 17.2. The Balaban J connectivity index is 1.64. The van der Waals surface area contributed by atoms with Crippen LogP contribution in [0.3, 0.4) is 0 Å². The SMILES string of the molecule is CCCCOc1cccc(C(=O)Nc2cccc(C(=O)N3CCN(C)CC3)c2)c1. The lowest BCUT2D eigenvalue weighted by molar-refractivity contribution is 0.0664. The average molecular weight is 396 g/mol. The van der Waals surface area contributed by atoms with E-state index in [1.807, 2.05) is 17.0 Å². The molecule has 1 saturated heterocycles. The molecule has 154 valence electrons. The molecule has 1 fully saturated rings. The molecule has 0 aromatic heterocycles. The Labute approximate surface area is 172 Å². The van der Waals surface area contributed by atoms with Gasteiger partial charge < -0.3 is 19.9 Å². The number of rotatable bonds is 7. The molecule has 0 saturated carbocycles. The number of anilines is 1. The maximum absolute atomic E-state index is 12.8. The highest BCUT2D eigenvalue weighted by atomic mass is 16.5. The van der Waals surface area contributed by atoms with Crippen molar-refractivity contribution < 1.29 is 14.3 Å². The van der Waals surface area contributed by atoms with E-state index >= 15 is 0 Å². The molecule has 2 aromatic rings. The minimum Gasteiger partial charge on any atom is -0.494 e. The van der Waals surface area contributed by atoms with Gasteiger partial charge in [0.15, 0.2) is 0 Å². The number of hydrogen-bond acceptors (Lipinski definition) is 4. The van der Waals surface area contributed by atoms with Crippen LogP contribution in [-0.4, -0.2) is 61.4 Å². The van der Waals surface area contributed by atoms with Gasteiger partial charge in [0.05, 0.1) is 6.61 Å². The van der Waals surface area contributed by atoms with Gasteiger partial charge in [-0.25, -0.2) is 0 Å². The van der Waals surface area contributed by atoms with Crippen molar-refractivity contribution in [2.24, 2.45) is 0 Å². The van der Waals surface area contributed by atoms with Crippen molar-refractivity contribution in [3.05, 3.63) is 59.7 Å². The number of unbranched alkanes of at least 4 members (excludes halogenated alkanes) is 1. The number of nitrogens with zero attached hydrogens (tertiary/aromatic N) is 2. The third-order valence-corrected chi connectivity index (χ3v) is 5.02. The fourth-order valence-electron chi connectivity index (χ4n) is 3.19. The second kappa shape index (κ2) is 10.1. The van der Waals surface area contributed by atoms with Crippen LogP contribution in [0.1, 0.15) is 40.5 Å². The quantitative estimate of drug-likeness (QED) is 0.729. The van der Waals surface area contributed by atoms with Crippen molar-refractivity contribution in [3.8, 4) is 5.75 Å². The van der Waals surface area contributed by atoms with Crippen LogP contribution in [0.2, 0.25) is 0 Å². The zero-order valence-electron chi connectivity index (χ0n) is 17.2. The fourth-order valence-corrected chi connectivity index (χ4v) is 3.19. The molecule has 6 nitrogen and oxygen atoms in total. The summed E-state index contributed by atoms with van der Waals surface area (Å²) in [6, 6.07) is 14.3. The van der Waals surface area contributed by atoms with Gasteiger partial charge in [0, 0.05) is 43.0 Å². The third kappa shape index (κ3) is 5.81.